The maximum atomic E-state index is 5.97. The Kier molecular flexibility index (Phi) is 5.06. The molecule has 1 fully saturated rings. The minimum absolute atomic E-state index is 0.379. The van der Waals surface area contributed by atoms with Gasteiger partial charge in [0.15, 0.2) is 0 Å². The van der Waals surface area contributed by atoms with Crippen molar-refractivity contribution < 1.29 is 4.74 Å². The molecular weight excluding hydrogens is 248 g/mol. The van der Waals surface area contributed by atoms with Crippen molar-refractivity contribution in [2.75, 3.05) is 27.2 Å². The van der Waals surface area contributed by atoms with Crippen LogP contribution in [0, 0.1) is 5.41 Å². The van der Waals surface area contributed by atoms with Crippen LogP contribution >= 0.6 is 0 Å². The van der Waals surface area contributed by atoms with Crippen molar-refractivity contribution in [2.45, 2.75) is 38.6 Å². The van der Waals surface area contributed by atoms with Crippen LogP contribution in [0.15, 0.2) is 24.3 Å². The predicted octanol–water partition coefficient (Wildman–Crippen LogP) is 2.69. The molecule has 0 aromatic heterocycles. The monoisotopic (exact) mass is 276 g/mol. The third-order valence-electron chi connectivity index (χ3n) is 4.89. The average Bonchev–Trinajstić information content (AvgIpc) is 2.43. The molecule has 0 aliphatic heterocycles. The number of methoxy groups -OCH3 is 1. The van der Waals surface area contributed by atoms with Gasteiger partial charge in [-0.25, -0.2) is 0 Å². The van der Waals surface area contributed by atoms with E-state index in [0.29, 0.717) is 11.5 Å². The van der Waals surface area contributed by atoms with Crippen LogP contribution in [-0.4, -0.2) is 38.2 Å². The Bertz CT molecular complexity index is 423. The number of nitrogens with zero attached hydrogens (tertiary/aromatic N) is 1. The third kappa shape index (κ3) is 3.33. The zero-order valence-electron chi connectivity index (χ0n) is 13.1. The Morgan fingerprint density at radius 2 is 2.05 bits per heavy atom. The summed E-state index contributed by atoms with van der Waals surface area (Å²) in [6, 6.07) is 8.79. The van der Waals surface area contributed by atoms with Gasteiger partial charge in [-0.3, -0.25) is 0 Å². The summed E-state index contributed by atoms with van der Waals surface area (Å²) in [5, 5.41) is 0. The first kappa shape index (κ1) is 15.3. The zero-order valence-corrected chi connectivity index (χ0v) is 13.1. The number of hydrogen-bond acceptors (Lipinski definition) is 3. The second-order valence-corrected chi connectivity index (χ2v) is 6.34. The summed E-state index contributed by atoms with van der Waals surface area (Å²) in [7, 11) is 3.96. The van der Waals surface area contributed by atoms with Gasteiger partial charge in [0.05, 0.1) is 7.11 Å². The summed E-state index contributed by atoms with van der Waals surface area (Å²) >= 11 is 0. The molecule has 0 bridgehead atoms. The van der Waals surface area contributed by atoms with Gasteiger partial charge in [0.2, 0.25) is 0 Å². The van der Waals surface area contributed by atoms with Gasteiger partial charge in [-0.15, -0.1) is 0 Å². The lowest BCUT2D eigenvalue weighted by atomic mass is 9.68. The van der Waals surface area contributed by atoms with Crippen LogP contribution in [0.1, 0.15) is 31.7 Å². The fraction of sp³-hybridized carbons (Fsp3) is 0.647. The quantitative estimate of drug-likeness (QED) is 0.832. The molecule has 3 heteroatoms. The van der Waals surface area contributed by atoms with Gasteiger partial charge in [-0.05, 0) is 56.8 Å². The molecule has 0 amide bonds. The first-order valence-electron chi connectivity index (χ1n) is 7.62. The topological polar surface area (TPSA) is 38.5 Å². The number of likely N-dealkylation sites (N-methyl/N-ethyl adjacent to an activating group) is 1. The van der Waals surface area contributed by atoms with Gasteiger partial charge in [0.1, 0.15) is 5.75 Å². The highest BCUT2D eigenvalue weighted by Crippen LogP contribution is 2.40. The molecule has 0 heterocycles. The number of nitrogens with two attached hydrogens (primary N) is 1. The molecule has 1 aromatic rings. The Morgan fingerprint density at radius 3 is 2.60 bits per heavy atom. The smallest absolute Gasteiger partial charge is 0.122 e. The standard InChI is InChI=1S/C17H28N2O/c1-14(11-15-7-4-5-8-16(15)20-3)19(2)13-17(12-18)9-6-10-17/h4-5,7-8,14H,6,9-13,18H2,1-3H3. The van der Waals surface area contributed by atoms with Crippen LogP contribution in [0.25, 0.3) is 0 Å². The second-order valence-electron chi connectivity index (χ2n) is 6.34. The van der Waals surface area contributed by atoms with Gasteiger partial charge in [0, 0.05) is 12.6 Å². The van der Waals surface area contributed by atoms with Crippen molar-refractivity contribution in [2.24, 2.45) is 11.1 Å². The van der Waals surface area contributed by atoms with E-state index in [1.807, 2.05) is 12.1 Å². The number of benzene rings is 1. The number of para-hydroxylation sites is 1. The van der Waals surface area contributed by atoms with Crippen molar-refractivity contribution in [1.29, 1.82) is 0 Å². The molecule has 1 aliphatic carbocycles. The van der Waals surface area contributed by atoms with Crippen molar-refractivity contribution >= 4 is 0 Å². The van der Waals surface area contributed by atoms with Gasteiger partial charge in [0.25, 0.3) is 0 Å². The highest BCUT2D eigenvalue weighted by molar-refractivity contribution is 5.33. The number of ether oxygens (including phenoxy) is 1. The fourth-order valence-corrected chi connectivity index (χ4v) is 3.13. The molecule has 0 spiro atoms. The molecule has 1 unspecified atom stereocenters. The highest BCUT2D eigenvalue weighted by atomic mass is 16.5. The first-order chi connectivity index (χ1) is 9.60. The van der Waals surface area contributed by atoms with E-state index in [9.17, 15) is 0 Å². The van der Waals surface area contributed by atoms with Crippen LogP contribution in [0.2, 0.25) is 0 Å². The summed E-state index contributed by atoms with van der Waals surface area (Å²) in [5.41, 5.74) is 7.63. The molecule has 0 radical (unpaired) electrons. The zero-order chi connectivity index (χ0) is 14.6. The van der Waals surface area contributed by atoms with Gasteiger partial charge >= 0.3 is 0 Å². The Labute approximate surface area is 123 Å². The molecule has 112 valence electrons. The SMILES string of the molecule is COc1ccccc1CC(C)N(C)CC1(CN)CCC1. The summed E-state index contributed by atoms with van der Waals surface area (Å²) in [6.45, 7) is 4.22. The molecule has 20 heavy (non-hydrogen) atoms. The Hall–Kier alpha value is -1.06. The van der Waals surface area contributed by atoms with E-state index < -0.39 is 0 Å². The number of hydrogen-bond donors (Lipinski definition) is 1. The Morgan fingerprint density at radius 1 is 1.35 bits per heavy atom. The highest BCUT2D eigenvalue weighted by Gasteiger charge is 2.37. The summed E-state index contributed by atoms with van der Waals surface area (Å²) in [6.07, 6.45) is 4.93. The fourth-order valence-electron chi connectivity index (χ4n) is 3.13. The predicted molar refractivity (Wildman–Crippen MR) is 84.1 cm³/mol. The van der Waals surface area contributed by atoms with E-state index in [1.54, 1.807) is 7.11 Å². The molecule has 2 N–H and O–H groups in total. The van der Waals surface area contributed by atoms with Crippen LogP contribution in [0.4, 0.5) is 0 Å². The van der Waals surface area contributed by atoms with Gasteiger partial charge < -0.3 is 15.4 Å². The van der Waals surface area contributed by atoms with Gasteiger partial charge in [-0.2, -0.15) is 0 Å². The van der Waals surface area contributed by atoms with E-state index in [1.165, 1.54) is 24.8 Å². The molecule has 2 rings (SSSR count). The maximum Gasteiger partial charge on any atom is 0.122 e. The minimum atomic E-state index is 0.379. The molecular formula is C17H28N2O. The lowest BCUT2D eigenvalue weighted by molar-refractivity contribution is 0.0704. The van der Waals surface area contributed by atoms with E-state index in [2.05, 4.69) is 31.0 Å². The van der Waals surface area contributed by atoms with E-state index in [4.69, 9.17) is 10.5 Å². The molecule has 1 aromatic carbocycles. The summed E-state index contributed by atoms with van der Waals surface area (Å²) < 4.78 is 5.44. The normalized spacial score (nSPS) is 18.6. The van der Waals surface area contributed by atoms with Crippen LogP contribution in [0.3, 0.4) is 0 Å². The van der Waals surface area contributed by atoms with E-state index >= 15 is 0 Å². The first-order valence-corrected chi connectivity index (χ1v) is 7.62. The lowest BCUT2D eigenvalue weighted by Gasteiger charge is -2.45. The van der Waals surface area contributed by atoms with Crippen LogP contribution in [0.5, 0.6) is 5.75 Å². The lowest BCUT2D eigenvalue weighted by Crippen LogP contribution is -2.48. The van der Waals surface area contributed by atoms with Crippen molar-refractivity contribution in [3.63, 3.8) is 0 Å². The van der Waals surface area contributed by atoms with Crippen molar-refractivity contribution in [3.8, 4) is 5.75 Å². The average molecular weight is 276 g/mol. The maximum absolute atomic E-state index is 5.97. The molecule has 0 saturated heterocycles. The van der Waals surface area contributed by atoms with Crippen molar-refractivity contribution in [3.05, 3.63) is 29.8 Å². The molecule has 3 nitrogen and oxygen atoms in total. The van der Waals surface area contributed by atoms with E-state index in [0.717, 1.165) is 25.3 Å². The largest absolute Gasteiger partial charge is 0.496 e. The minimum Gasteiger partial charge on any atom is -0.496 e. The van der Waals surface area contributed by atoms with E-state index in [-0.39, 0.29) is 0 Å². The van der Waals surface area contributed by atoms with Crippen molar-refractivity contribution in [1.82, 2.24) is 4.90 Å². The van der Waals surface area contributed by atoms with Crippen LogP contribution < -0.4 is 10.5 Å². The summed E-state index contributed by atoms with van der Waals surface area (Å²) in [5.74, 6) is 0.991. The van der Waals surface area contributed by atoms with Crippen LogP contribution in [-0.2, 0) is 6.42 Å². The molecule has 1 aliphatic rings. The Balaban J connectivity index is 1.95. The third-order valence-corrected chi connectivity index (χ3v) is 4.89. The molecule has 1 atom stereocenters. The second kappa shape index (κ2) is 6.59. The summed E-state index contributed by atoms with van der Waals surface area (Å²) in [4.78, 5) is 2.46. The molecule has 1 saturated carbocycles. The number of rotatable bonds is 7. The van der Waals surface area contributed by atoms with Gasteiger partial charge in [-0.1, -0.05) is 24.6 Å².